The van der Waals surface area contributed by atoms with E-state index in [1.807, 2.05) is 24.1 Å². The Morgan fingerprint density at radius 3 is 2.70 bits per heavy atom. The molecule has 0 unspecified atom stereocenters. The SMILES string of the molecule is COC(=O)c1cccc(CN(C)CCOc2ccccc2F)c1. The van der Waals surface area contributed by atoms with Gasteiger partial charge in [-0.25, -0.2) is 9.18 Å². The van der Waals surface area contributed by atoms with Crippen LogP contribution in [0.15, 0.2) is 48.5 Å². The Balaban J connectivity index is 1.84. The van der Waals surface area contributed by atoms with Crippen molar-refractivity contribution in [3.63, 3.8) is 0 Å². The van der Waals surface area contributed by atoms with Crippen molar-refractivity contribution in [3.05, 3.63) is 65.5 Å². The molecule has 0 saturated carbocycles. The van der Waals surface area contributed by atoms with Crippen molar-refractivity contribution in [2.75, 3.05) is 27.3 Å². The molecule has 2 rings (SSSR count). The number of ether oxygens (including phenoxy) is 2. The molecule has 0 spiro atoms. The van der Waals surface area contributed by atoms with Crippen LogP contribution in [0.2, 0.25) is 0 Å². The van der Waals surface area contributed by atoms with E-state index in [4.69, 9.17) is 9.47 Å². The average molecular weight is 317 g/mol. The van der Waals surface area contributed by atoms with Gasteiger partial charge in [-0.2, -0.15) is 0 Å². The number of methoxy groups -OCH3 is 1. The lowest BCUT2D eigenvalue weighted by Crippen LogP contribution is -2.24. The quantitative estimate of drug-likeness (QED) is 0.736. The minimum atomic E-state index is -0.360. The number of hydrogen-bond acceptors (Lipinski definition) is 4. The van der Waals surface area contributed by atoms with Gasteiger partial charge in [-0.1, -0.05) is 24.3 Å². The van der Waals surface area contributed by atoms with Crippen LogP contribution in [0.1, 0.15) is 15.9 Å². The van der Waals surface area contributed by atoms with E-state index in [0.717, 1.165) is 5.56 Å². The highest BCUT2D eigenvalue weighted by atomic mass is 19.1. The van der Waals surface area contributed by atoms with Gasteiger partial charge in [-0.05, 0) is 36.9 Å². The van der Waals surface area contributed by atoms with Crippen molar-refractivity contribution in [1.82, 2.24) is 4.90 Å². The first-order valence-electron chi connectivity index (χ1n) is 7.33. The average Bonchev–Trinajstić information content (AvgIpc) is 2.56. The first-order valence-corrected chi connectivity index (χ1v) is 7.33. The molecule has 2 aromatic carbocycles. The van der Waals surface area contributed by atoms with E-state index < -0.39 is 0 Å². The largest absolute Gasteiger partial charge is 0.489 e. The summed E-state index contributed by atoms with van der Waals surface area (Å²) in [6, 6.07) is 13.6. The Hall–Kier alpha value is -2.40. The zero-order valence-electron chi connectivity index (χ0n) is 13.3. The number of halogens is 1. The summed E-state index contributed by atoms with van der Waals surface area (Å²) in [6.07, 6.45) is 0. The van der Waals surface area contributed by atoms with Crippen molar-refractivity contribution in [1.29, 1.82) is 0 Å². The molecule has 0 fully saturated rings. The highest BCUT2D eigenvalue weighted by Gasteiger charge is 2.08. The highest BCUT2D eigenvalue weighted by Crippen LogP contribution is 2.15. The van der Waals surface area contributed by atoms with Gasteiger partial charge in [0.1, 0.15) is 6.61 Å². The number of nitrogens with zero attached hydrogens (tertiary/aromatic N) is 1. The highest BCUT2D eigenvalue weighted by molar-refractivity contribution is 5.89. The Labute approximate surface area is 135 Å². The molecule has 0 bridgehead atoms. The fourth-order valence-corrected chi connectivity index (χ4v) is 2.18. The first kappa shape index (κ1) is 17.0. The first-order chi connectivity index (χ1) is 11.1. The third-order valence-corrected chi connectivity index (χ3v) is 3.37. The van der Waals surface area contributed by atoms with Crippen LogP contribution in [-0.4, -0.2) is 38.2 Å². The maximum absolute atomic E-state index is 13.4. The van der Waals surface area contributed by atoms with Gasteiger partial charge in [0.25, 0.3) is 0 Å². The van der Waals surface area contributed by atoms with Gasteiger partial charge < -0.3 is 9.47 Å². The number of hydrogen-bond donors (Lipinski definition) is 0. The fraction of sp³-hybridized carbons (Fsp3) is 0.278. The minimum absolute atomic E-state index is 0.258. The Bertz CT molecular complexity index is 660. The van der Waals surface area contributed by atoms with Crippen molar-refractivity contribution in [3.8, 4) is 5.75 Å². The summed E-state index contributed by atoms with van der Waals surface area (Å²) in [5, 5.41) is 0. The number of likely N-dealkylation sites (N-methyl/N-ethyl adjacent to an activating group) is 1. The van der Waals surface area contributed by atoms with Crippen LogP contribution in [0.4, 0.5) is 4.39 Å². The van der Waals surface area contributed by atoms with E-state index in [1.165, 1.54) is 13.2 Å². The topological polar surface area (TPSA) is 38.8 Å². The zero-order valence-corrected chi connectivity index (χ0v) is 13.3. The number of para-hydroxylation sites is 1. The molecule has 0 heterocycles. The van der Waals surface area contributed by atoms with Crippen molar-refractivity contribution in [2.24, 2.45) is 0 Å². The zero-order chi connectivity index (χ0) is 16.7. The van der Waals surface area contributed by atoms with Crippen LogP contribution >= 0.6 is 0 Å². The van der Waals surface area contributed by atoms with Crippen molar-refractivity contribution in [2.45, 2.75) is 6.54 Å². The predicted molar refractivity (Wildman–Crippen MR) is 86.0 cm³/mol. The lowest BCUT2D eigenvalue weighted by atomic mass is 10.1. The second-order valence-corrected chi connectivity index (χ2v) is 5.21. The molecule has 23 heavy (non-hydrogen) atoms. The maximum Gasteiger partial charge on any atom is 0.337 e. The van der Waals surface area contributed by atoms with Gasteiger partial charge in [0.15, 0.2) is 11.6 Å². The van der Waals surface area contributed by atoms with Crippen LogP contribution in [0, 0.1) is 5.82 Å². The van der Waals surface area contributed by atoms with Gasteiger partial charge >= 0.3 is 5.97 Å². The number of rotatable bonds is 7. The van der Waals surface area contributed by atoms with Crippen LogP contribution < -0.4 is 4.74 Å². The summed E-state index contributed by atoms with van der Waals surface area (Å²) in [5.74, 6) is -0.452. The lowest BCUT2D eigenvalue weighted by Gasteiger charge is -2.17. The molecular weight excluding hydrogens is 297 g/mol. The maximum atomic E-state index is 13.4. The molecule has 0 saturated heterocycles. The lowest BCUT2D eigenvalue weighted by molar-refractivity contribution is 0.0600. The van der Waals surface area contributed by atoms with E-state index in [1.54, 1.807) is 30.3 Å². The molecule has 0 aliphatic carbocycles. The third kappa shape index (κ3) is 5.07. The summed E-state index contributed by atoms with van der Waals surface area (Å²) >= 11 is 0. The van der Waals surface area contributed by atoms with Crippen LogP contribution in [-0.2, 0) is 11.3 Å². The van der Waals surface area contributed by atoms with Crippen LogP contribution in [0.5, 0.6) is 5.75 Å². The van der Waals surface area contributed by atoms with Gasteiger partial charge in [-0.3, -0.25) is 4.90 Å². The summed E-state index contributed by atoms with van der Waals surface area (Å²) in [5.41, 5.74) is 1.53. The molecule has 0 amide bonds. The Kier molecular flexibility index (Phi) is 6.11. The molecular formula is C18H20FNO3. The molecule has 4 nitrogen and oxygen atoms in total. The van der Waals surface area contributed by atoms with E-state index in [9.17, 15) is 9.18 Å². The fourth-order valence-electron chi connectivity index (χ4n) is 2.18. The molecule has 0 atom stereocenters. The van der Waals surface area contributed by atoms with Crippen molar-refractivity contribution < 1.29 is 18.7 Å². The second-order valence-electron chi connectivity index (χ2n) is 5.21. The Morgan fingerprint density at radius 2 is 1.96 bits per heavy atom. The molecule has 0 radical (unpaired) electrons. The normalized spacial score (nSPS) is 10.6. The van der Waals surface area contributed by atoms with Crippen LogP contribution in [0.25, 0.3) is 0 Å². The van der Waals surface area contributed by atoms with E-state index in [0.29, 0.717) is 25.3 Å². The molecule has 0 N–H and O–H groups in total. The number of benzene rings is 2. The molecule has 0 aromatic heterocycles. The van der Waals surface area contributed by atoms with Gasteiger partial charge in [0.2, 0.25) is 0 Å². The number of esters is 1. The summed E-state index contributed by atoms with van der Waals surface area (Å²) in [6.45, 7) is 1.68. The number of carbonyl (C=O) groups excluding carboxylic acids is 1. The van der Waals surface area contributed by atoms with E-state index >= 15 is 0 Å². The molecule has 2 aromatic rings. The Morgan fingerprint density at radius 1 is 1.17 bits per heavy atom. The molecule has 122 valence electrons. The van der Waals surface area contributed by atoms with Crippen LogP contribution in [0.3, 0.4) is 0 Å². The standard InChI is InChI=1S/C18H20FNO3/c1-20(10-11-23-17-9-4-3-8-16(17)19)13-14-6-5-7-15(12-14)18(21)22-2/h3-9,12H,10-11,13H2,1-2H3. The predicted octanol–water partition coefficient (Wildman–Crippen LogP) is 3.12. The minimum Gasteiger partial charge on any atom is -0.489 e. The second kappa shape index (κ2) is 8.29. The monoisotopic (exact) mass is 317 g/mol. The molecule has 0 aliphatic rings. The molecule has 5 heteroatoms. The summed E-state index contributed by atoms with van der Waals surface area (Å²) in [4.78, 5) is 13.6. The number of carbonyl (C=O) groups is 1. The third-order valence-electron chi connectivity index (χ3n) is 3.37. The van der Waals surface area contributed by atoms with Gasteiger partial charge in [-0.15, -0.1) is 0 Å². The summed E-state index contributed by atoms with van der Waals surface area (Å²) < 4.78 is 23.6. The molecule has 0 aliphatic heterocycles. The van der Waals surface area contributed by atoms with Crippen molar-refractivity contribution >= 4 is 5.97 Å². The van der Waals surface area contributed by atoms with E-state index in [2.05, 4.69) is 0 Å². The van der Waals surface area contributed by atoms with Gasteiger partial charge in [0, 0.05) is 13.1 Å². The smallest absolute Gasteiger partial charge is 0.337 e. The van der Waals surface area contributed by atoms with E-state index in [-0.39, 0.29) is 17.5 Å². The summed E-state index contributed by atoms with van der Waals surface area (Å²) in [7, 11) is 3.30. The van der Waals surface area contributed by atoms with Gasteiger partial charge in [0.05, 0.1) is 12.7 Å².